The molecule has 0 amide bonds. The maximum absolute atomic E-state index is 3.72. The topological polar surface area (TPSA) is 0 Å². The van der Waals surface area contributed by atoms with Crippen LogP contribution in [-0.4, -0.2) is 5.33 Å². The van der Waals surface area contributed by atoms with Gasteiger partial charge < -0.3 is 0 Å². The molecule has 3 rings (SSSR count). The Balaban J connectivity index is 1.56. The number of halogens is 1. The molecule has 4 atom stereocenters. The van der Waals surface area contributed by atoms with E-state index in [9.17, 15) is 0 Å². The van der Waals surface area contributed by atoms with Crippen molar-refractivity contribution in [1.82, 2.24) is 0 Å². The van der Waals surface area contributed by atoms with Crippen LogP contribution in [0.15, 0.2) is 0 Å². The number of alkyl halides is 1. The van der Waals surface area contributed by atoms with Gasteiger partial charge in [0.15, 0.2) is 0 Å². The molecular weight excluding hydrogens is 284 g/mol. The molecular formula is C17H29Br. The zero-order chi connectivity index (χ0) is 12.4. The van der Waals surface area contributed by atoms with Gasteiger partial charge in [-0.15, -0.1) is 0 Å². The fraction of sp³-hybridized carbons (Fsp3) is 1.00. The van der Waals surface area contributed by atoms with Crippen LogP contribution in [0.3, 0.4) is 0 Å². The quantitative estimate of drug-likeness (QED) is 0.566. The summed E-state index contributed by atoms with van der Waals surface area (Å²) < 4.78 is 0. The fourth-order valence-electron chi connectivity index (χ4n) is 5.20. The molecule has 3 saturated carbocycles. The van der Waals surface area contributed by atoms with Crippen LogP contribution in [0.1, 0.15) is 70.6 Å². The second-order valence-corrected chi connectivity index (χ2v) is 7.97. The summed E-state index contributed by atoms with van der Waals surface area (Å²) >= 11 is 3.72. The minimum atomic E-state index is 0.997. The first kappa shape index (κ1) is 13.5. The molecule has 0 saturated heterocycles. The molecule has 3 aliphatic carbocycles. The van der Waals surface area contributed by atoms with Gasteiger partial charge in [0.05, 0.1) is 0 Å². The van der Waals surface area contributed by atoms with Gasteiger partial charge in [-0.2, -0.15) is 0 Å². The lowest BCUT2D eigenvalue weighted by Crippen LogP contribution is -2.34. The molecule has 0 aromatic carbocycles. The van der Waals surface area contributed by atoms with Crippen molar-refractivity contribution in [1.29, 1.82) is 0 Å². The maximum Gasteiger partial charge on any atom is 0.00597 e. The summed E-state index contributed by atoms with van der Waals surface area (Å²) in [5.41, 5.74) is 0. The largest absolute Gasteiger partial charge is 0.0925 e. The standard InChI is InChI=1S/C17H29Br/c18-12-13-6-7-15-8-9-16(11-17(15)10-13)14-4-2-1-3-5-14/h13-17H,1-12H2. The molecule has 0 radical (unpaired) electrons. The number of fused-ring (bicyclic) bond motifs is 1. The zero-order valence-corrected chi connectivity index (χ0v) is 13.3. The van der Waals surface area contributed by atoms with Crippen LogP contribution < -0.4 is 0 Å². The third-order valence-corrected chi connectivity index (χ3v) is 7.21. The molecule has 0 heterocycles. The summed E-state index contributed by atoms with van der Waals surface area (Å²) in [7, 11) is 0. The Morgan fingerprint density at radius 3 is 2.06 bits per heavy atom. The Kier molecular flexibility index (Phi) is 4.70. The molecule has 0 spiro atoms. The molecule has 0 aromatic rings. The van der Waals surface area contributed by atoms with Gasteiger partial charge in [0.1, 0.15) is 0 Å². The molecule has 3 fully saturated rings. The van der Waals surface area contributed by atoms with Gasteiger partial charge >= 0.3 is 0 Å². The summed E-state index contributed by atoms with van der Waals surface area (Å²) in [5, 5.41) is 1.25. The van der Waals surface area contributed by atoms with Crippen LogP contribution in [0.2, 0.25) is 0 Å². The lowest BCUT2D eigenvalue weighted by atomic mass is 9.61. The Morgan fingerprint density at radius 1 is 0.611 bits per heavy atom. The van der Waals surface area contributed by atoms with Crippen LogP contribution >= 0.6 is 15.9 Å². The molecule has 0 N–H and O–H groups in total. The maximum atomic E-state index is 3.72. The summed E-state index contributed by atoms with van der Waals surface area (Å²) in [6, 6.07) is 0. The Bertz CT molecular complexity index is 256. The van der Waals surface area contributed by atoms with Gasteiger partial charge in [0.25, 0.3) is 0 Å². The van der Waals surface area contributed by atoms with Gasteiger partial charge in [-0.25, -0.2) is 0 Å². The van der Waals surface area contributed by atoms with Crippen molar-refractivity contribution < 1.29 is 0 Å². The van der Waals surface area contributed by atoms with E-state index >= 15 is 0 Å². The Hall–Kier alpha value is 0.480. The van der Waals surface area contributed by atoms with Crippen LogP contribution in [0.5, 0.6) is 0 Å². The van der Waals surface area contributed by atoms with Crippen molar-refractivity contribution >= 4 is 15.9 Å². The summed E-state index contributed by atoms with van der Waals surface area (Å²) in [6.45, 7) is 0. The molecule has 18 heavy (non-hydrogen) atoms. The van der Waals surface area contributed by atoms with Crippen molar-refractivity contribution in [2.45, 2.75) is 70.6 Å². The smallest absolute Gasteiger partial charge is 0.00597 e. The molecule has 1 heteroatoms. The lowest BCUT2D eigenvalue weighted by Gasteiger charge is -2.44. The molecule has 4 unspecified atom stereocenters. The predicted molar refractivity (Wildman–Crippen MR) is 82.0 cm³/mol. The van der Waals surface area contributed by atoms with E-state index in [2.05, 4.69) is 15.9 Å². The van der Waals surface area contributed by atoms with Crippen molar-refractivity contribution in [2.75, 3.05) is 5.33 Å². The van der Waals surface area contributed by atoms with Gasteiger partial charge in [-0.1, -0.05) is 48.0 Å². The first-order chi connectivity index (χ1) is 8.86. The van der Waals surface area contributed by atoms with E-state index in [1.807, 2.05) is 0 Å². The van der Waals surface area contributed by atoms with E-state index in [-0.39, 0.29) is 0 Å². The lowest BCUT2D eigenvalue weighted by molar-refractivity contribution is 0.0697. The van der Waals surface area contributed by atoms with E-state index in [0.29, 0.717) is 0 Å². The predicted octanol–water partition coefficient (Wildman–Crippen LogP) is 5.79. The molecule has 0 aromatic heterocycles. The first-order valence-electron chi connectivity index (χ1n) is 8.42. The SMILES string of the molecule is BrCC1CCC2CCC(C3CCCCC3)CC2C1. The minimum absolute atomic E-state index is 0.997. The van der Waals surface area contributed by atoms with Crippen molar-refractivity contribution in [2.24, 2.45) is 29.6 Å². The third-order valence-electron chi connectivity index (χ3n) is 6.30. The highest BCUT2D eigenvalue weighted by Gasteiger charge is 2.37. The fourth-order valence-corrected chi connectivity index (χ4v) is 5.79. The van der Waals surface area contributed by atoms with Crippen LogP contribution in [-0.2, 0) is 0 Å². The van der Waals surface area contributed by atoms with E-state index in [1.165, 1.54) is 31.0 Å². The highest BCUT2D eigenvalue weighted by Crippen LogP contribution is 2.48. The molecule has 0 bridgehead atoms. The second-order valence-electron chi connectivity index (χ2n) is 7.32. The normalized spacial score (nSPS) is 42.5. The Labute approximate surface area is 121 Å². The van der Waals surface area contributed by atoms with E-state index in [4.69, 9.17) is 0 Å². The average Bonchev–Trinajstić information content (AvgIpc) is 2.47. The highest BCUT2D eigenvalue weighted by molar-refractivity contribution is 9.09. The van der Waals surface area contributed by atoms with Gasteiger partial charge in [0.2, 0.25) is 0 Å². The zero-order valence-electron chi connectivity index (χ0n) is 11.7. The number of hydrogen-bond donors (Lipinski definition) is 0. The van der Waals surface area contributed by atoms with E-state index in [0.717, 1.165) is 29.6 Å². The number of hydrogen-bond acceptors (Lipinski definition) is 0. The second kappa shape index (κ2) is 6.29. The van der Waals surface area contributed by atoms with Gasteiger partial charge in [0, 0.05) is 5.33 Å². The monoisotopic (exact) mass is 312 g/mol. The third kappa shape index (κ3) is 2.97. The van der Waals surface area contributed by atoms with Crippen LogP contribution in [0.25, 0.3) is 0 Å². The van der Waals surface area contributed by atoms with Crippen molar-refractivity contribution in [3.8, 4) is 0 Å². The highest BCUT2D eigenvalue weighted by atomic mass is 79.9. The molecule has 104 valence electrons. The molecule has 0 nitrogen and oxygen atoms in total. The number of rotatable bonds is 2. The summed E-state index contributed by atoms with van der Waals surface area (Å²) in [4.78, 5) is 0. The first-order valence-corrected chi connectivity index (χ1v) is 9.55. The minimum Gasteiger partial charge on any atom is -0.0925 e. The van der Waals surface area contributed by atoms with Gasteiger partial charge in [-0.3, -0.25) is 0 Å². The van der Waals surface area contributed by atoms with Gasteiger partial charge in [-0.05, 0) is 68.1 Å². The van der Waals surface area contributed by atoms with E-state index < -0.39 is 0 Å². The average molecular weight is 313 g/mol. The van der Waals surface area contributed by atoms with E-state index in [1.54, 1.807) is 44.9 Å². The molecule has 0 aliphatic heterocycles. The summed E-state index contributed by atoms with van der Waals surface area (Å²) in [5.74, 6) is 5.43. The van der Waals surface area contributed by atoms with Crippen molar-refractivity contribution in [3.05, 3.63) is 0 Å². The summed E-state index contributed by atoms with van der Waals surface area (Å²) in [6.07, 6.45) is 17.0. The van der Waals surface area contributed by atoms with Crippen LogP contribution in [0.4, 0.5) is 0 Å². The molecule has 3 aliphatic rings. The Morgan fingerprint density at radius 2 is 1.28 bits per heavy atom. The van der Waals surface area contributed by atoms with Crippen LogP contribution in [0, 0.1) is 29.6 Å². The van der Waals surface area contributed by atoms with Crippen molar-refractivity contribution in [3.63, 3.8) is 0 Å².